The molecule has 2 rings (SSSR count). The van der Waals surface area contributed by atoms with Crippen LogP contribution in [-0.4, -0.2) is 6.16 Å². The van der Waals surface area contributed by atoms with Gasteiger partial charge in [-0.05, 0) is 48.2 Å². The summed E-state index contributed by atoms with van der Waals surface area (Å²) < 4.78 is 8.18. The normalized spacial score (nSPS) is 13.5. The van der Waals surface area contributed by atoms with Crippen LogP contribution < -0.4 is 8.60 Å². The molecule has 0 heterocycles. The summed E-state index contributed by atoms with van der Waals surface area (Å²) in [4.78, 5) is 0. The minimum Gasteiger partial charge on any atom is -0.448 e. The van der Waals surface area contributed by atoms with Crippen molar-refractivity contribution in [3.05, 3.63) is 59.6 Å². The van der Waals surface area contributed by atoms with Gasteiger partial charge >= 0.3 is 0 Å². The van der Waals surface area contributed by atoms with Gasteiger partial charge in [-0.25, -0.2) is 4.08 Å². The average molecular weight is 423 g/mol. The second-order valence-corrected chi connectivity index (χ2v) is 10.5. The van der Waals surface area contributed by atoms with Crippen LogP contribution in [0.25, 0.3) is 0 Å². The highest BCUT2D eigenvalue weighted by atomic mass is 79.9. The van der Waals surface area contributed by atoms with Crippen molar-refractivity contribution in [1.29, 1.82) is 0 Å². The standard InChI is InChI=1S/C14H14BrClNOPS2/c1-2-19(20,18-14-6-4-3-5-7-14)17(21-15)13-10-8-12(16)9-11-13/h3-11H,2H2,1H3. The molecule has 0 fully saturated rings. The van der Waals surface area contributed by atoms with Crippen LogP contribution in [0.3, 0.4) is 0 Å². The number of nitrogens with zero attached hydrogens (tertiary/aromatic N) is 1. The lowest BCUT2D eigenvalue weighted by molar-refractivity contribution is 0.613. The first-order chi connectivity index (χ1) is 10.1. The molecule has 2 aromatic rings. The Kier molecular flexibility index (Phi) is 6.45. The Balaban J connectivity index is 2.32. The van der Waals surface area contributed by atoms with Crippen LogP contribution in [0.15, 0.2) is 54.6 Å². The molecule has 0 spiro atoms. The molecule has 0 saturated carbocycles. The fourth-order valence-electron chi connectivity index (χ4n) is 1.71. The van der Waals surface area contributed by atoms with Gasteiger partial charge in [-0.1, -0.05) is 36.7 Å². The third kappa shape index (κ3) is 4.40. The third-order valence-corrected chi connectivity index (χ3v) is 9.83. The molecular formula is C14H14BrClNOPS2. The Morgan fingerprint density at radius 2 is 1.81 bits per heavy atom. The molecule has 0 aromatic heterocycles. The maximum atomic E-state index is 6.16. The van der Waals surface area contributed by atoms with E-state index in [4.69, 9.17) is 27.9 Å². The van der Waals surface area contributed by atoms with Crippen LogP contribution in [-0.2, 0) is 11.8 Å². The highest BCUT2D eigenvalue weighted by Crippen LogP contribution is 2.57. The molecule has 0 radical (unpaired) electrons. The van der Waals surface area contributed by atoms with Gasteiger partial charge in [0.1, 0.15) is 5.75 Å². The Morgan fingerprint density at radius 3 is 2.33 bits per heavy atom. The summed E-state index contributed by atoms with van der Waals surface area (Å²) in [5.74, 6) is 0.795. The minimum atomic E-state index is -2.23. The molecule has 1 atom stereocenters. The van der Waals surface area contributed by atoms with E-state index in [1.54, 1.807) is 0 Å². The van der Waals surface area contributed by atoms with Crippen molar-refractivity contribution in [2.24, 2.45) is 0 Å². The monoisotopic (exact) mass is 421 g/mol. The number of rotatable bonds is 6. The van der Waals surface area contributed by atoms with E-state index >= 15 is 0 Å². The lowest BCUT2D eigenvalue weighted by atomic mass is 10.3. The summed E-state index contributed by atoms with van der Waals surface area (Å²) in [6.07, 6.45) is -1.48. The molecule has 0 aliphatic heterocycles. The van der Waals surface area contributed by atoms with Crippen molar-refractivity contribution in [3.8, 4) is 5.75 Å². The lowest BCUT2D eigenvalue weighted by Crippen LogP contribution is -2.15. The van der Waals surface area contributed by atoms with E-state index in [9.17, 15) is 0 Å². The van der Waals surface area contributed by atoms with Crippen LogP contribution in [0.5, 0.6) is 5.75 Å². The van der Waals surface area contributed by atoms with Gasteiger partial charge < -0.3 is 4.52 Å². The minimum absolute atomic E-state index is 0.701. The SMILES string of the molecule is CCP(=S)(Oc1ccccc1)N(SBr)c1ccc(Cl)cc1. The zero-order valence-corrected chi connectivity index (χ0v) is 16.1. The zero-order valence-electron chi connectivity index (χ0n) is 11.3. The van der Waals surface area contributed by atoms with E-state index in [2.05, 4.69) is 21.7 Å². The Morgan fingerprint density at radius 1 is 1.19 bits per heavy atom. The van der Waals surface area contributed by atoms with E-state index in [0.717, 1.165) is 17.6 Å². The Hall–Kier alpha value is -0.190. The van der Waals surface area contributed by atoms with E-state index < -0.39 is 6.42 Å². The van der Waals surface area contributed by atoms with Crippen LogP contribution in [0, 0.1) is 0 Å². The van der Waals surface area contributed by atoms with Crippen molar-refractivity contribution >= 4 is 60.7 Å². The molecule has 0 N–H and O–H groups in total. The molecule has 7 heteroatoms. The average Bonchev–Trinajstić information content (AvgIpc) is 2.51. The van der Waals surface area contributed by atoms with E-state index in [0.29, 0.717) is 5.02 Å². The fourth-order valence-corrected chi connectivity index (χ4v) is 8.25. The quantitative estimate of drug-likeness (QED) is 0.388. The molecule has 112 valence electrons. The first-order valence-electron chi connectivity index (χ1n) is 6.27. The number of anilines is 1. The number of halogens is 2. The summed E-state index contributed by atoms with van der Waals surface area (Å²) in [6.45, 7) is 2.05. The molecule has 2 aromatic carbocycles. The van der Waals surface area contributed by atoms with Gasteiger partial charge in [-0.15, -0.1) is 0 Å². The summed E-state index contributed by atoms with van der Waals surface area (Å²) >= 11 is 15.3. The van der Waals surface area contributed by atoms with Crippen molar-refractivity contribution in [2.45, 2.75) is 6.92 Å². The summed E-state index contributed by atoms with van der Waals surface area (Å²) in [6, 6.07) is 17.3. The van der Waals surface area contributed by atoms with Gasteiger partial charge in [-0.3, -0.25) is 0 Å². The Labute approximate surface area is 147 Å². The second kappa shape index (κ2) is 7.89. The molecule has 2 nitrogen and oxygen atoms in total. The van der Waals surface area contributed by atoms with Gasteiger partial charge in [0.15, 0.2) is 0 Å². The predicted molar refractivity (Wildman–Crippen MR) is 102 cm³/mol. The highest BCUT2D eigenvalue weighted by Gasteiger charge is 2.27. The molecule has 0 bridgehead atoms. The van der Waals surface area contributed by atoms with Gasteiger partial charge in [0.05, 0.1) is 5.69 Å². The van der Waals surface area contributed by atoms with Crippen molar-refractivity contribution in [2.75, 3.05) is 10.2 Å². The van der Waals surface area contributed by atoms with Crippen molar-refractivity contribution in [3.63, 3.8) is 0 Å². The fraction of sp³-hybridized carbons (Fsp3) is 0.143. The maximum Gasteiger partial charge on any atom is 0.214 e. The van der Waals surface area contributed by atoms with Crippen LogP contribution in [0.2, 0.25) is 5.02 Å². The number of hydrogen-bond acceptors (Lipinski definition) is 3. The lowest BCUT2D eigenvalue weighted by Gasteiger charge is -2.33. The van der Waals surface area contributed by atoms with Gasteiger partial charge in [0.2, 0.25) is 6.42 Å². The second-order valence-electron chi connectivity index (χ2n) is 4.18. The van der Waals surface area contributed by atoms with E-state index in [-0.39, 0.29) is 0 Å². The Bertz CT molecular complexity index is 627. The molecule has 0 amide bonds. The smallest absolute Gasteiger partial charge is 0.214 e. The molecule has 0 aliphatic rings. The van der Waals surface area contributed by atoms with E-state index in [1.165, 1.54) is 10.4 Å². The van der Waals surface area contributed by atoms with Crippen molar-refractivity contribution in [1.82, 2.24) is 0 Å². The summed E-state index contributed by atoms with van der Waals surface area (Å²) in [5, 5.41) is 0.701. The first-order valence-corrected chi connectivity index (χ1v) is 12.1. The van der Waals surface area contributed by atoms with Crippen LogP contribution >= 0.6 is 43.2 Å². The first kappa shape index (κ1) is 17.2. The largest absolute Gasteiger partial charge is 0.448 e. The van der Waals surface area contributed by atoms with Gasteiger partial charge in [0.25, 0.3) is 0 Å². The molecule has 21 heavy (non-hydrogen) atoms. The van der Waals surface area contributed by atoms with Gasteiger partial charge in [0, 0.05) is 36.4 Å². The number of benzene rings is 2. The summed E-state index contributed by atoms with van der Waals surface area (Å²) in [5.41, 5.74) is 0.974. The number of para-hydroxylation sites is 1. The van der Waals surface area contributed by atoms with Gasteiger partial charge in [-0.2, -0.15) is 0 Å². The van der Waals surface area contributed by atoms with Crippen LogP contribution in [0.4, 0.5) is 5.69 Å². The summed E-state index contributed by atoms with van der Waals surface area (Å²) in [7, 11) is 1.40. The zero-order chi connectivity index (χ0) is 15.3. The molecule has 1 unspecified atom stereocenters. The highest BCUT2D eigenvalue weighted by molar-refractivity contribution is 9.50. The van der Waals surface area contributed by atoms with E-state index in [1.807, 2.05) is 58.7 Å². The molecule has 0 aliphatic carbocycles. The molecule has 0 saturated heterocycles. The third-order valence-electron chi connectivity index (χ3n) is 2.78. The predicted octanol–water partition coefficient (Wildman–Crippen LogP) is 6.51. The van der Waals surface area contributed by atoms with Crippen molar-refractivity contribution < 1.29 is 4.52 Å². The molecular weight excluding hydrogens is 409 g/mol. The number of hydrogen-bond donors (Lipinski definition) is 0. The van der Waals surface area contributed by atoms with Crippen LogP contribution in [0.1, 0.15) is 6.92 Å². The maximum absolute atomic E-state index is 6.16. The topological polar surface area (TPSA) is 12.5 Å².